The van der Waals surface area contributed by atoms with Crippen molar-refractivity contribution in [3.63, 3.8) is 0 Å². The smallest absolute Gasteiger partial charge is 0.320 e. The molecule has 0 bridgehead atoms. The maximum Gasteiger partial charge on any atom is 0.320 e. The molecule has 1 aliphatic rings. The molecule has 1 unspecified atom stereocenters. The molecule has 2 aromatic carbocycles. The van der Waals surface area contributed by atoms with Crippen molar-refractivity contribution in [1.29, 1.82) is 0 Å². The zero-order chi connectivity index (χ0) is 25.0. The summed E-state index contributed by atoms with van der Waals surface area (Å²) in [5, 5.41) is 9.90. The molecular formula is C28H33N3O4. The molecule has 0 radical (unpaired) electrons. The van der Waals surface area contributed by atoms with Crippen LogP contribution in [0.15, 0.2) is 54.7 Å². The Labute approximate surface area is 205 Å². The third-order valence-corrected chi connectivity index (χ3v) is 6.29. The van der Waals surface area contributed by atoms with Crippen LogP contribution in [0.1, 0.15) is 55.5 Å². The van der Waals surface area contributed by atoms with E-state index in [2.05, 4.69) is 40.3 Å². The first-order valence-electron chi connectivity index (χ1n) is 12.0. The second-order valence-corrected chi connectivity index (χ2v) is 9.99. The number of H-pyrrole nitrogens is 1. The summed E-state index contributed by atoms with van der Waals surface area (Å²) in [6.07, 6.45) is 7.65. The number of benzene rings is 2. The number of fused-ring (bicyclic) bond motifs is 2. The third kappa shape index (κ3) is 6.18. The Kier molecular flexibility index (Phi) is 7.38. The van der Waals surface area contributed by atoms with Gasteiger partial charge in [-0.15, -0.1) is 0 Å². The molecule has 0 fully saturated rings. The molecular weight excluding hydrogens is 442 g/mol. The lowest BCUT2D eigenvalue weighted by Gasteiger charge is -2.30. The van der Waals surface area contributed by atoms with Gasteiger partial charge in [0, 0.05) is 35.8 Å². The Morgan fingerprint density at radius 3 is 2.80 bits per heavy atom. The monoisotopic (exact) mass is 475 g/mol. The van der Waals surface area contributed by atoms with Crippen molar-refractivity contribution in [2.75, 3.05) is 13.1 Å². The summed E-state index contributed by atoms with van der Waals surface area (Å²) < 4.78 is 5.65. The lowest BCUT2D eigenvalue weighted by Crippen LogP contribution is -2.38. The fourth-order valence-electron chi connectivity index (χ4n) is 4.79. The topological polar surface area (TPSA) is 94.7 Å². The molecule has 1 amide bonds. The number of carbonyl (C=O) groups excluding carboxylic acids is 2. The van der Waals surface area contributed by atoms with Gasteiger partial charge in [0.15, 0.2) is 0 Å². The van der Waals surface area contributed by atoms with E-state index in [4.69, 9.17) is 9.94 Å². The Morgan fingerprint density at radius 2 is 2.03 bits per heavy atom. The van der Waals surface area contributed by atoms with Gasteiger partial charge in [-0.05, 0) is 74.4 Å². The Balaban J connectivity index is 1.55. The molecule has 1 heterocycles. The highest BCUT2D eigenvalue weighted by molar-refractivity contribution is 5.90. The highest BCUT2D eigenvalue weighted by Crippen LogP contribution is 2.37. The van der Waals surface area contributed by atoms with E-state index in [1.807, 2.05) is 39.0 Å². The fourth-order valence-corrected chi connectivity index (χ4v) is 4.79. The van der Waals surface area contributed by atoms with Crippen LogP contribution < -0.4 is 5.48 Å². The van der Waals surface area contributed by atoms with E-state index in [9.17, 15) is 9.59 Å². The van der Waals surface area contributed by atoms with Crippen molar-refractivity contribution < 1.29 is 19.5 Å². The van der Waals surface area contributed by atoms with Crippen LogP contribution in [0.5, 0.6) is 0 Å². The van der Waals surface area contributed by atoms with Crippen LogP contribution in [0.4, 0.5) is 0 Å². The molecule has 35 heavy (non-hydrogen) atoms. The van der Waals surface area contributed by atoms with Crippen molar-refractivity contribution in [2.45, 2.75) is 51.7 Å². The maximum atomic E-state index is 12.8. The quantitative estimate of drug-likeness (QED) is 0.192. The van der Waals surface area contributed by atoms with Crippen LogP contribution in [0.2, 0.25) is 0 Å². The van der Waals surface area contributed by atoms with Crippen LogP contribution in [-0.2, 0) is 27.2 Å². The van der Waals surface area contributed by atoms with Gasteiger partial charge in [0.05, 0.1) is 6.54 Å². The molecule has 4 rings (SSSR count). The molecule has 7 nitrogen and oxygen atoms in total. The average molecular weight is 476 g/mol. The zero-order valence-electron chi connectivity index (χ0n) is 20.5. The Hall–Kier alpha value is -3.42. The van der Waals surface area contributed by atoms with E-state index < -0.39 is 11.5 Å². The molecule has 0 aliphatic heterocycles. The number of carbonyl (C=O) groups is 2. The number of esters is 1. The van der Waals surface area contributed by atoms with E-state index in [1.54, 1.807) is 11.6 Å². The van der Waals surface area contributed by atoms with Crippen LogP contribution in [-0.4, -0.2) is 45.7 Å². The number of hydrogen-bond acceptors (Lipinski definition) is 5. The first kappa shape index (κ1) is 24.7. The average Bonchev–Trinajstić information content (AvgIpc) is 3.43. The van der Waals surface area contributed by atoms with Crippen LogP contribution in [0, 0.1) is 0 Å². The van der Waals surface area contributed by atoms with Crippen molar-refractivity contribution in [2.24, 2.45) is 0 Å². The minimum atomic E-state index is -0.566. The summed E-state index contributed by atoms with van der Waals surface area (Å²) in [6.45, 7) is 6.61. The second-order valence-electron chi connectivity index (χ2n) is 9.99. The van der Waals surface area contributed by atoms with Crippen LogP contribution in [0.3, 0.4) is 0 Å². The number of rotatable bonds is 8. The van der Waals surface area contributed by atoms with Gasteiger partial charge in [0.2, 0.25) is 0 Å². The number of para-hydroxylation sites is 1. The summed E-state index contributed by atoms with van der Waals surface area (Å²) in [7, 11) is 0. The fraction of sp³-hybridized carbons (Fsp3) is 0.357. The van der Waals surface area contributed by atoms with Gasteiger partial charge in [-0.2, -0.15) is 0 Å². The molecule has 3 aromatic rings. The van der Waals surface area contributed by atoms with Gasteiger partial charge in [0.1, 0.15) is 5.60 Å². The second kappa shape index (κ2) is 10.5. The number of aromatic nitrogens is 1. The number of aromatic amines is 1. The highest BCUT2D eigenvalue weighted by Gasteiger charge is 2.30. The van der Waals surface area contributed by atoms with Crippen LogP contribution >= 0.6 is 0 Å². The summed E-state index contributed by atoms with van der Waals surface area (Å²) in [6, 6.07) is 14.5. The summed E-state index contributed by atoms with van der Waals surface area (Å²) >= 11 is 0. The molecule has 0 saturated carbocycles. The summed E-state index contributed by atoms with van der Waals surface area (Å²) in [4.78, 5) is 29.7. The van der Waals surface area contributed by atoms with Gasteiger partial charge in [-0.25, -0.2) is 5.48 Å². The van der Waals surface area contributed by atoms with Crippen molar-refractivity contribution in [1.82, 2.24) is 15.4 Å². The number of nitrogens with zero attached hydrogens (tertiary/aromatic N) is 1. The molecule has 184 valence electrons. The number of amides is 1. The largest absolute Gasteiger partial charge is 0.459 e. The summed E-state index contributed by atoms with van der Waals surface area (Å²) in [5.74, 6) is -0.788. The number of nitrogens with one attached hydrogen (secondary N) is 2. The number of aryl methyl sites for hydroxylation is 1. The molecule has 0 spiro atoms. The van der Waals surface area contributed by atoms with Gasteiger partial charge >= 0.3 is 5.97 Å². The van der Waals surface area contributed by atoms with Gasteiger partial charge in [-0.1, -0.05) is 36.4 Å². The molecule has 0 saturated heterocycles. The molecule has 1 atom stereocenters. The van der Waals surface area contributed by atoms with Crippen molar-refractivity contribution >= 4 is 28.9 Å². The van der Waals surface area contributed by atoms with Crippen molar-refractivity contribution in [3.8, 4) is 0 Å². The Morgan fingerprint density at radius 1 is 1.23 bits per heavy atom. The van der Waals surface area contributed by atoms with E-state index in [0.29, 0.717) is 0 Å². The lowest BCUT2D eigenvalue weighted by atomic mass is 10.0. The first-order valence-corrected chi connectivity index (χ1v) is 12.0. The van der Waals surface area contributed by atoms with Gasteiger partial charge < -0.3 is 9.72 Å². The van der Waals surface area contributed by atoms with E-state index in [-0.39, 0.29) is 18.6 Å². The molecule has 1 aliphatic carbocycles. The maximum absolute atomic E-state index is 12.8. The molecule has 3 N–H and O–H groups in total. The van der Waals surface area contributed by atoms with E-state index in [1.165, 1.54) is 28.2 Å². The molecule has 7 heteroatoms. The van der Waals surface area contributed by atoms with Crippen LogP contribution in [0.25, 0.3) is 17.0 Å². The Bertz CT molecular complexity index is 1240. The van der Waals surface area contributed by atoms with E-state index >= 15 is 0 Å². The lowest BCUT2D eigenvalue weighted by molar-refractivity contribution is -0.156. The third-order valence-electron chi connectivity index (χ3n) is 6.29. The summed E-state index contributed by atoms with van der Waals surface area (Å²) in [5.41, 5.74) is 6.73. The van der Waals surface area contributed by atoms with E-state index in [0.717, 1.165) is 36.9 Å². The zero-order valence-corrected chi connectivity index (χ0v) is 20.5. The normalized spacial score (nSPS) is 15.6. The number of hydroxylamine groups is 1. The SMILES string of the molecule is CC(C)(C)OC(=O)CN(CCc1c[nH]c2ccccc12)C1CCc2cc(/C=C/C(=O)NO)ccc21. The molecule has 1 aromatic heterocycles. The van der Waals surface area contributed by atoms with Gasteiger partial charge in [0.25, 0.3) is 5.91 Å². The first-order chi connectivity index (χ1) is 16.7. The van der Waals surface area contributed by atoms with Gasteiger partial charge in [-0.3, -0.25) is 19.7 Å². The predicted molar refractivity (Wildman–Crippen MR) is 136 cm³/mol. The minimum absolute atomic E-state index is 0.112. The standard InChI is InChI=1S/C28H33N3O4/c1-28(2,3)35-27(33)18-31(15-14-21-17-29-24-7-5-4-6-22(21)24)25-12-10-20-16-19(8-11-23(20)25)9-13-26(32)30-34/h4-9,11,13,16-17,25,29,34H,10,12,14-15,18H2,1-3H3,(H,30,32)/b13-9+. The number of hydrogen-bond donors (Lipinski definition) is 3. The predicted octanol–water partition coefficient (Wildman–Crippen LogP) is 4.56. The highest BCUT2D eigenvalue weighted by atomic mass is 16.6. The number of ether oxygens (including phenoxy) is 1. The minimum Gasteiger partial charge on any atom is -0.459 e. The van der Waals surface area contributed by atoms with Crippen molar-refractivity contribution in [3.05, 3.63) is 77.0 Å².